The molecule has 0 saturated heterocycles. The number of anilines is 1. The number of nitrogens with zero attached hydrogens (tertiary/aromatic N) is 1. The van der Waals surface area contributed by atoms with E-state index in [4.69, 9.17) is 4.74 Å². The van der Waals surface area contributed by atoms with E-state index in [-0.39, 0.29) is 12.4 Å². The van der Waals surface area contributed by atoms with E-state index >= 15 is 0 Å². The highest BCUT2D eigenvalue weighted by Gasteiger charge is 2.24. The fourth-order valence-corrected chi connectivity index (χ4v) is 5.83. The second-order valence-corrected chi connectivity index (χ2v) is 9.83. The Labute approximate surface area is 189 Å². The molecule has 31 heavy (non-hydrogen) atoms. The minimum Gasteiger partial charge on any atom is -0.455 e. The predicted octanol–water partition coefficient (Wildman–Crippen LogP) is 5.17. The van der Waals surface area contributed by atoms with Crippen molar-refractivity contribution in [2.45, 2.75) is 31.1 Å². The van der Waals surface area contributed by atoms with E-state index in [1.807, 2.05) is 42.5 Å². The fraction of sp³-hybridized carbons (Fsp3) is 0.292. The van der Waals surface area contributed by atoms with E-state index in [0.717, 1.165) is 40.5 Å². The molecule has 1 heterocycles. The number of hydrogen-bond acceptors (Lipinski definition) is 6. The van der Waals surface area contributed by atoms with Crippen LogP contribution in [0.2, 0.25) is 0 Å². The van der Waals surface area contributed by atoms with Crippen LogP contribution in [0.25, 0.3) is 10.8 Å². The maximum Gasteiger partial charge on any atom is 0.316 e. The van der Waals surface area contributed by atoms with Crippen molar-refractivity contribution in [3.05, 3.63) is 58.5 Å². The largest absolute Gasteiger partial charge is 0.455 e. The normalized spacial score (nSPS) is 15.2. The van der Waals surface area contributed by atoms with Gasteiger partial charge >= 0.3 is 5.97 Å². The van der Waals surface area contributed by atoms with Crippen molar-refractivity contribution in [3.8, 4) is 6.07 Å². The van der Waals surface area contributed by atoms with E-state index < -0.39 is 11.9 Å². The highest BCUT2D eigenvalue weighted by Crippen LogP contribution is 2.39. The second kappa shape index (κ2) is 9.54. The van der Waals surface area contributed by atoms with Crippen molar-refractivity contribution in [2.75, 3.05) is 17.7 Å². The van der Waals surface area contributed by atoms with E-state index in [1.165, 1.54) is 28.0 Å². The van der Waals surface area contributed by atoms with Crippen LogP contribution in [0.15, 0.2) is 47.4 Å². The number of carbonyl (C=O) groups excluding carboxylic acids is 2. The van der Waals surface area contributed by atoms with Crippen molar-refractivity contribution in [1.82, 2.24) is 0 Å². The van der Waals surface area contributed by atoms with E-state index in [0.29, 0.717) is 16.5 Å². The Balaban J connectivity index is 1.29. The molecule has 158 valence electrons. The number of hydrogen-bond donors (Lipinski definition) is 1. The molecule has 1 N–H and O–H groups in total. The first kappa shape index (κ1) is 21.4. The number of thioether (sulfide) groups is 1. The van der Waals surface area contributed by atoms with Crippen LogP contribution in [-0.2, 0) is 27.2 Å². The Hall–Kier alpha value is -2.82. The van der Waals surface area contributed by atoms with Crippen LogP contribution in [0.1, 0.15) is 29.3 Å². The lowest BCUT2D eigenvalue weighted by atomic mass is 9.89. The SMILES string of the molecule is CC1CCc2c(sc(NC(=O)COC(=O)CSc3ccc4ccccc4c3)c2C#N)C1. The summed E-state index contributed by atoms with van der Waals surface area (Å²) in [5.41, 5.74) is 1.61. The molecule has 1 unspecified atom stereocenters. The van der Waals surface area contributed by atoms with Crippen LogP contribution in [0.3, 0.4) is 0 Å². The molecule has 1 aliphatic rings. The van der Waals surface area contributed by atoms with E-state index in [9.17, 15) is 14.9 Å². The van der Waals surface area contributed by atoms with Crippen LogP contribution in [0, 0.1) is 17.2 Å². The van der Waals surface area contributed by atoms with Gasteiger partial charge in [-0.1, -0.05) is 37.3 Å². The summed E-state index contributed by atoms with van der Waals surface area (Å²) in [4.78, 5) is 26.5. The zero-order valence-corrected chi connectivity index (χ0v) is 18.8. The van der Waals surface area contributed by atoms with Gasteiger partial charge in [0, 0.05) is 9.77 Å². The number of fused-ring (bicyclic) bond motifs is 2. The lowest BCUT2D eigenvalue weighted by Crippen LogP contribution is -2.21. The number of esters is 1. The molecule has 0 saturated carbocycles. The Morgan fingerprint density at radius 3 is 2.87 bits per heavy atom. The monoisotopic (exact) mass is 450 g/mol. The maximum absolute atomic E-state index is 12.3. The van der Waals surface area contributed by atoms with Gasteiger partial charge in [-0.15, -0.1) is 23.1 Å². The van der Waals surface area contributed by atoms with E-state index in [1.54, 1.807) is 0 Å². The maximum atomic E-state index is 12.3. The van der Waals surface area contributed by atoms with Crippen LogP contribution >= 0.6 is 23.1 Å². The molecule has 0 bridgehead atoms. The van der Waals surface area contributed by atoms with Crippen molar-refractivity contribution < 1.29 is 14.3 Å². The lowest BCUT2D eigenvalue weighted by Gasteiger charge is -2.17. The zero-order valence-electron chi connectivity index (χ0n) is 17.1. The van der Waals surface area contributed by atoms with Crippen molar-refractivity contribution >= 4 is 50.7 Å². The number of nitriles is 1. The summed E-state index contributed by atoms with van der Waals surface area (Å²) < 4.78 is 5.13. The molecule has 5 nitrogen and oxygen atoms in total. The lowest BCUT2D eigenvalue weighted by molar-refractivity contribution is -0.144. The number of nitrogens with one attached hydrogen (secondary N) is 1. The summed E-state index contributed by atoms with van der Waals surface area (Å²) in [5.74, 6) is -0.164. The minimum absolute atomic E-state index is 0.125. The van der Waals surface area contributed by atoms with Crippen LogP contribution in [0.5, 0.6) is 0 Å². The smallest absolute Gasteiger partial charge is 0.316 e. The molecular weight excluding hydrogens is 428 g/mol. The van der Waals surface area contributed by atoms with Gasteiger partial charge in [-0.05, 0) is 53.6 Å². The molecule has 7 heteroatoms. The molecule has 2 aromatic carbocycles. The van der Waals surface area contributed by atoms with Crippen molar-refractivity contribution in [1.29, 1.82) is 5.26 Å². The summed E-state index contributed by atoms with van der Waals surface area (Å²) in [6.45, 7) is 1.84. The number of thiophene rings is 1. The van der Waals surface area contributed by atoms with Gasteiger partial charge in [-0.25, -0.2) is 0 Å². The summed E-state index contributed by atoms with van der Waals surface area (Å²) in [7, 11) is 0. The summed E-state index contributed by atoms with van der Waals surface area (Å²) in [5, 5.41) is 15.1. The van der Waals surface area contributed by atoms with Gasteiger partial charge in [0.05, 0.1) is 11.3 Å². The molecular formula is C24H22N2O3S2. The van der Waals surface area contributed by atoms with Gasteiger partial charge in [-0.2, -0.15) is 5.26 Å². The molecule has 4 rings (SSSR count). The first-order chi connectivity index (χ1) is 15.0. The number of rotatable bonds is 6. The molecule has 0 fully saturated rings. The number of benzene rings is 2. The van der Waals surface area contributed by atoms with Gasteiger partial charge < -0.3 is 10.1 Å². The zero-order chi connectivity index (χ0) is 21.8. The summed E-state index contributed by atoms with van der Waals surface area (Å²) in [6, 6.07) is 16.3. The predicted molar refractivity (Wildman–Crippen MR) is 124 cm³/mol. The highest BCUT2D eigenvalue weighted by atomic mass is 32.2. The van der Waals surface area contributed by atoms with E-state index in [2.05, 4.69) is 18.3 Å². The van der Waals surface area contributed by atoms with Gasteiger partial charge in [0.25, 0.3) is 5.91 Å². The molecule has 3 aromatic rings. The third-order valence-corrected chi connectivity index (χ3v) is 7.46. The highest BCUT2D eigenvalue weighted by molar-refractivity contribution is 8.00. The standard InChI is InChI=1S/C24H22N2O3S2/c1-15-6-9-19-20(12-25)24(31-21(19)10-15)26-22(27)13-29-23(28)14-30-18-8-7-16-4-2-3-5-17(16)11-18/h2-5,7-8,11,15H,6,9-10,13-14H2,1H3,(H,26,27). The van der Waals surface area contributed by atoms with Crippen LogP contribution < -0.4 is 5.32 Å². The molecule has 0 radical (unpaired) electrons. The van der Waals surface area contributed by atoms with Crippen LogP contribution in [-0.4, -0.2) is 24.2 Å². The minimum atomic E-state index is -0.451. The average molecular weight is 451 g/mol. The Kier molecular flexibility index (Phi) is 6.59. The molecule has 0 spiro atoms. The summed E-state index contributed by atoms with van der Waals surface area (Å²) >= 11 is 2.84. The third-order valence-electron chi connectivity index (χ3n) is 5.32. The molecule has 1 amide bonds. The topological polar surface area (TPSA) is 79.2 Å². The Bertz CT molecular complexity index is 1180. The first-order valence-electron chi connectivity index (χ1n) is 10.1. The molecule has 1 aromatic heterocycles. The van der Waals surface area contributed by atoms with Gasteiger partial charge in [-0.3, -0.25) is 9.59 Å². The van der Waals surface area contributed by atoms with Gasteiger partial charge in [0.15, 0.2) is 6.61 Å². The second-order valence-electron chi connectivity index (χ2n) is 7.67. The number of ether oxygens (including phenoxy) is 1. The number of amides is 1. The van der Waals surface area contributed by atoms with Crippen molar-refractivity contribution in [2.24, 2.45) is 5.92 Å². The molecule has 0 aliphatic heterocycles. The van der Waals surface area contributed by atoms with Gasteiger partial charge in [0.1, 0.15) is 11.1 Å². The van der Waals surface area contributed by atoms with Crippen molar-refractivity contribution in [3.63, 3.8) is 0 Å². The Morgan fingerprint density at radius 1 is 1.26 bits per heavy atom. The van der Waals surface area contributed by atoms with Crippen LogP contribution in [0.4, 0.5) is 5.00 Å². The van der Waals surface area contributed by atoms with Gasteiger partial charge in [0.2, 0.25) is 0 Å². The average Bonchev–Trinajstić information content (AvgIpc) is 3.11. The first-order valence-corrected chi connectivity index (χ1v) is 12.0. The quantitative estimate of drug-likeness (QED) is 0.414. The molecule has 1 atom stereocenters. The Morgan fingerprint density at radius 2 is 2.06 bits per heavy atom. The summed E-state index contributed by atoms with van der Waals surface area (Å²) in [6.07, 6.45) is 2.86. The third kappa shape index (κ3) is 5.09. The fourth-order valence-electron chi connectivity index (χ4n) is 3.71. The molecule has 1 aliphatic carbocycles. The number of carbonyl (C=O) groups is 2.